The number of amides is 1. The first kappa shape index (κ1) is 17.0. The summed E-state index contributed by atoms with van der Waals surface area (Å²) >= 11 is 0. The molecule has 122 valence electrons. The molecule has 0 aliphatic heterocycles. The quantitative estimate of drug-likeness (QED) is 0.872. The number of sulfonamides is 1. The van der Waals surface area contributed by atoms with Crippen LogP contribution in [0.15, 0.2) is 29.2 Å². The van der Waals surface area contributed by atoms with Crippen LogP contribution in [0.3, 0.4) is 0 Å². The average Bonchev–Trinajstić information content (AvgIpc) is 2.47. The Morgan fingerprint density at radius 1 is 1.23 bits per heavy atom. The van der Waals surface area contributed by atoms with Crippen molar-refractivity contribution in [3.63, 3.8) is 0 Å². The van der Waals surface area contributed by atoms with E-state index in [4.69, 9.17) is 5.14 Å². The Morgan fingerprint density at radius 3 is 2.36 bits per heavy atom. The summed E-state index contributed by atoms with van der Waals surface area (Å²) in [5.74, 6) is 0.570. The van der Waals surface area contributed by atoms with Crippen molar-refractivity contribution in [1.29, 1.82) is 0 Å². The van der Waals surface area contributed by atoms with E-state index >= 15 is 0 Å². The summed E-state index contributed by atoms with van der Waals surface area (Å²) < 4.78 is 22.4. The second kappa shape index (κ2) is 7.24. The zero-order valence-corrected chi connectivity index (χ0v) is 13.7. The molecule has 1 aliphatic carbocycles. The van der Waals surface area contributed by atoms with Gasteiger partial charge in [-0.25, -0.2) is 13.6 Å². The summed E-state index contributed by atoms with van der Waals surface area (Å²) in [5, 5.41) is 8.05. The van der Waals surface area contributed by atoms with Gasteiger partial charge in [0.2, 0.25) is 15.9 Å². The van der Waals surface area contributed by atoms with E-state index in [1.54, 1.807) is 12.1 Å². The molecule has 0 bridgehead atoms. The lowest BCUT2D eigenvalue weighted by atomic mass is 9.87. The van der Waals surface area contributed by atoms with Gasteiger partial charge in [0.15, 0.2) is 0 Å². The molecule has 1 aromatic carbocycles. The molecule has 0 spiro atoms. The van der Waals surface area contributed by atoms with E-state index < -0.39 is 10.0 Å². The third-order valence-corrected chi connectivity index (χ3v) is 5.21. The lowest BCUT2D eigenvalue weighted by Crippen LogP contribution is -2.29. The number of hydrogen-bond donors (Lipinski definition) is 2. The number of hydrogen-bond acceptors (Lipinski definition) is 3. The van der Waals surface area contributed by atoms with Crippen molar-refractivity contribution in [2.24, 2.45) is 11.1 Å². The highest BCUT2D eigenvalue weighted by Crippen LogP contribution is 2.26. The second-order valence-electron chi connectivity index (χ2n) is 6.11. The van der Waals surface area contributed by atoms with Crippen LogP contribution in [0.2, 0.25) is 0 Å². The molecular formula is C16H24N2O3S. The molecule has 22 heavy (non-hydrogen) atoms. The molecule has 1 aliphatic rings. The van der Waals surface area contributed by atoms with Crippen molar-refractivity contribution in [1.82, 2.24) is 5.32 Å². The normalized spacial score (nSPS) is 17.9. The first-order valence-corrected chi connectivity index (χ1v) is 9.33. The number of nitrogens with one attached hydrogen (secondary N) is 1. The number of rotatable bonds is 5. The summed E-state index contributed by atoms with van der Waals surface area (Å²) in [7, 11) is -3.67. The number of carbonyl (C=O) groups excluding carboxylic acids is 1. The highest BCUT2D eigenvalue weighted by atomic mass is 32.2. The summed E-state index contributed by atoms with van der Waals surface area (Å²) in [4.78, 5) is 12.2. The summed E-state index contributed by atoms with van der Waals surface area (Å²) in [5.41, 5.74) is 0.865. The molecule has 1 saturated carbocycles. The molecule has 1 aromatic rings. The van der Waals surface area contributed by atoms with Crippen LogP contribution < -0.4 is 10.5 Å². The molecule has 1 fully saturated rings. The topological polar surface area (TPSA) is 89.3 Å². The molecular weight excluding hydrogens is 300 g/mol. The van der Waals surface area contributed by atoms with Gasteiger partial charge in [-0.2, -0.15) is 0 Å². The smallest absolute Gasteiger partial charge is 0.238 e. The van der Waals surface area contributed by atoms with E-state index in [-0.39, 0.29) is 16.8 Å². The van der Waals surface area contributed by atoms with E-state index in [2.05, 4.69) is 5.32 Å². The molecule has 5 nitrogen and oxygen atoms in total. The fourth-order valence-electron chi connectivity index (χ4n) is 2.98. The molecule has 1 amide bonds. The van der Waals surface area contributed by atoms with Crippen LogP contribution in [0.5, 0.6) is 0 Å². The van der Waals surface area contributed by atoms with Gasteiger partial charge in [-0.3, -0.25) is 4.79 Å². The van der Waals surface area contributed by atoms with Crippen molar-refractivity contribution in [2.75, 3.05) is 0 Å². The lowest BCUT2D eigenvalue weighted by Gasteiger charge is -2.22. The van der Waals surface area contributed by atoms with Gasteiger partial charge in [-0.15, -0.1) is 0 Å². The molecule has 0 heterocycles. The van der Waals surface area contributed by atoms with Crippen LogP contribution in [0.1, 0.15) is 57.1 Å². The maximum atomic E-state index is 12.1. The van der Waals surface area contributed by atoms with Crippen LogP contribution >= 0.6 is 0 Å². The van der Waals surface area contributed by atoms with Gasteiger partial charge in [-0.1, -0.05) is 31.4 Å². The van der Waals surface area contributed by atoms with Gasteiger partial charge in [0.1, 0.15) is 0 Å². The van der Waals surface area contributed by atoms with E-state index in [1.807, 2.05) is 6.92 Å². The third-order valence-electron chi connectivity index (χ3n) is 4.28. The Kier molecular flexibility index (Phi) is 5.58. The molecule has 3 N–H and O–H groups in total. The van der Waals surface area contributed by atoms with Gasteiger partial charge in [0.25, 0.3) is 0 Å². The zero-order valence-electron chi connectivity index (χ0n) is 12.9. The maximum absolute atomic E-state index is 12.1. The Morgan fingerprint density at radius 2 is 1.82 bits per heavy atom. The summed E-state index contributed by atoms with van der Waals surface area (Å²) in [6.07, 6.45) is 6.60. The van der Waals surface area contributed by atoms with E-state index in [1.165, 1.54) is 31.4 Å². The number of primary sulfonamides is 1. The van der Waals surface area contributed by atoms with Crippen LogP contribution in [0.4, 0.5) is 0 Å². The van der Waals surface area contributed by atoms with Crippen LogP contribution in [0.25, 0.3) is 0 Å². The number of benzene rings is 1. The number of nitrogens with two attached hydrogens (primary N) is 1. The summed E-state index contributed by atoms with van der Waals surface area (Å²) in [6.45, 7) is 1.89. The fraction of sp³-hybridized carbons (Fsp3) is 0.562. The predicted octanol–water partition coefficient (Wildman–Crippen LogP) is 2.48. The van der Waals surface area contributed by atoms with Crippen molar-refractivity contribution in [3.8, 4) is 0 Å². The van der Waals surface area contributed by atoms with Gasteiger partial charge in [0.05, 0.1) is 10.9 Å². The third kappa shape index (κ3) is 4.81. The Hall–Kier alpha value is -1.40. The standard InChI is InChI=1S/C16H24N2O3S/c1-12(14-7-9-15(10-8-14)22(17,20)21)18-16(19)11-13-5-3-2-4-6-13/h7-10,12-13H,2-6,11H2,1H3,(H,18,19)(H2,17,20,21). The molecule has 0 saturated heterocycles. The van der Waals surface area contributed by atoms with Crippen molar-refractivity contribution in [2.45, 2.75) is 56.4 Å². The van der Waals surface area contributed by atoms with E-state index in [0.29, 0.717) is 12.3 Å². The molecule has 1 unspecified atom stereocenters. The molecule has 2 rings (SSSR count). The second-order valence-corrected chi connectivity index (χ2v) is 7.67. The highest BCUT2D eigenvalue weighted by molar-refractivity contribution is 7.89. The molecule has 6 heteroatoms. The van der Waals surface area contributed by atoms with Crippen molar-refractivity contribution >= 4 is 15.9 Å². The Labute approximate surface area is 132 Å². The van der Waals surface area contributed by atoms with Crippen LogP contribution in [-0.4, -0.2) is 14.3 Å². The minimum atomic E-state index is -3.67. The summed E-state index contributed by atoms with van der Waals surface area (Å²) in [6, 6.07) is 6.16. The van der Waals surface area contributed by atoms with Gasteiger partial charge in [-0.05, 0) is 43.4 Å². The molecule has 1 atom stereocenters. The minimum Gasteiger partial charge on any atom is -0.350 e. The Balaban J connectivity index is 1.90. The average molecular weight is 324 g/mol. The zero-order chi connectivity index (χ0) is 16.2. The van der Waals surface area contributed by atoms with E-state index in [0.717, 1.165) is 18.4 Å². The maximum Gasteiger partial charge on any atom is 0.238 e. The first-order chi connectivity index (χ1) is 10.4. The van der Waals surface area contributed by atoms with Gasteiger partial charge >= 0.3 is 0 Å². The molecule has 0 radical (unpaired) electrons. The SMILES string of the molecule is CC(NC(=O)CC1CCCCC1)c1ccc(S(N)(=O)=O)cc1. The van der Waals surface area contributed by atoms with Crippen molar-refractivity contribution < 1.29 is 13.2 Å². The minimum absolute atomic E-state index is 0.0647. The largest absolute Gasteiger partial charge is 0.350 e. The number of carbonyl (C=O) groups is 1. The van der Waals surface area contributed by atoms with Gasteiger partial charge in [0, 0.05) is 6.42 Å². The highest BCUT2D eigenvalue weighted by Gasteiger charge is 2.18. The molecule has 0 aromatic heterocycles. The van der Waals surface area contributed by atoms with Crippen molar-refractivity contribution in [3.05, 3.63) is 29.8 Å². The van der Waals surface area contributed by atoms with Crippen LogP contribution in [0, 0.1) is 5.92 Å². The Bertz CT molecular complexity index is 605. The van der Waals surface area contributed by atoms with E-state index in [9.17, 15) is 13.2 Å². The lowest BCUT2D eigenvalue weighted by molar-refractivity contribution is -0.122. The first-order valence-electron chi connectivity index (χ1n) is 7.78. The van der Waals surface area contributed by atoms with Gasteiger partial charge < -0.3 is 5.32 Å². The fourth-order valence-corrected chi connectivity index (χ4v) is 3.50. The predicted molar refractivity (Wildman–Crippen MR) is 85.6 cm³/mol. The monoisotopic (exact) mass is 324 g/mol. The van der Waals surface area contributed by atoms with Crippen LogP contribution in [-0.2, 0) is 14.8 Å².